The van der Waals surface area contributed by atoms with E-state index in [0.29, 0.717) is 16.8 Å². The van der Waals surface area contributed by atoms with Gasteiger partial charge in [0.1, 0.15) is 0 Å². The van der Waals surface area contributed by atoms with Gasteiger partial charge in [-0.15, -0.1) is 0 Å². The molecule has 0 fully saturated rings. The second-order valence-electron chi connectivity index (χ2n) is 4.52. The molecule has 100 valence electrons. The molecule has 0 radical (unpaired) electrons. The number of fused-ring (bicyclic) bond motifs is 1. The lowest BCUT2D eigenvalue weighted by Crippen LogP contribution is -2.12. The molecule has 0 bridgehead atoms. The van der Waals surface area contributed by atoms with Crippen molar-refractivity contribution in [3.8, 4) is 6.07 Å². The van der Waals surface area contributed by atoms with Crippen LogP contribution in [0, 0.1) is 11.3 Å². The Kier molecular flexibility index (Phi) is 3.32. The lowest BCUT2D eigenvalue weighted by Gasteiger charge is -2.08. The van der Waals surface area contributed by atoms with Crippen molar-refractivity contribution in [3.05, 3.63) is 71.9 Å². The number of aromatic nitrogens is 1. The molecule has 0 aliphatic rings. The number of nitrogens with one attached hydrogen (secondary N) is 1. The van der Waals surface area contributed by atoms with E-state index >= 15 is 0 Å². The van der Waals surface area contributed by atoms with E-state index in [-0.39, 0.29) is 5.91 Å². The number of hydrogen-bond acceptors (Lipinski definition) is 3. The molecular formula is C17H11N3O. The summed E-state index contributed by atoms with van der Waals surface area (Å²) in [6, 6.07) is 18.0. The van der Waals surface area contributed by atoms with Gasteiger partial charge in [0.2, 0.25) is 0 Å². The van der Waals surface area contributed by atoms with Crippen LogP contribution < -0.4 is 5.32 Å². The number of para-hydroxylation sites is 1. The van der Waals surface area contributed by atoms with Crippen molar-refractivity contribution in [1.82, 2.24) is 4.98 Å². The molecule has 0 aliphatic carbocycles. The second-order valence-corrected chi connectivity index (χ2v) is 4.52. The van der Waals surface area contributed by atoms with Gasteiger partial charge < -0.3 is 5.32 Å². The van der Waals surface area contributed by atoms with Crippen molar-refractivity contribution < 1.29 is 4.79 Å². The minimum Gasteiger partial charge on any atom is -0.320 e. The molecule has 1 N–H and O–H groups in total. The van der Waals surface area contributed by atoms with Crippen molar-refractivity contribution in [1.29, 1.82) is 5.26 Å². The predicted molar refractivity (Wildman–Crippen MR) is 80.9 cm³/mol. The minimum atomic E-state index is -0.224. The highest BCUT2D eigenvalue weighted by atomic mass is 16.1. The van der Waals surface area contributed by atoms with Crippen LogP contribution in [-0.2, 0) is 0 Å². The van der Waals surface area contributed by atoms with Crippen molar-refractivity contribution in [2.24, 2.45) is 0 Å². The van der Waals surface area contributed by atoms with Gasteiger partial charge in [-0.3, -0.25) is 9.78 Å². The first kappa shape index (κ1) is 12.8. The number of nitriles is 1. The van der Waals surface area contributed by atoms with Crippen molar-refractivity contribution in [2.75, 3.05) is 5.32 Å². The molecule has 1 aromatic heterocycles. The molecule has 0 aliphatic heterocycles. The van der Waals surface area contributed by atoms with Gasteiger partial charge in [0.15, 0.2) is 0 Å². The first-order valence-electron chi connectivity index (χ1n) is 6.43. The van der Waals surface area contributed by atoms with Crippen LogP contribution in [0.15, 0.2) is 60.8 Å². The predicted octanol–water partition coefficient (Wildman–Crippen LogP) is 3.36. The van der Waals surface area contributed by atoms with Gasteiger partial charge in [0.25, 0.3) is 5.91 Å². The number of nitrogens with zero attached hydrogens (tertiary/aromatic N) is 2. The Morgan fingerprint density at radius 1 is 1.05 bits per heavy atom. The molecular weight excluding hydrogens is 262 g/mol. The van der Waals surface area contributed by atoms with Gasteiger partial charge in [0.05, 0.1) is 22.8 Å². The van der Waals surface area contributed by atoms with Crippen molar-refractivity contribution in [3.63, 3.8) is 0 Å². The Balaban J connectivity index is 1.91. The molecule has 0 saturated heterocycles. The summed E-state index contributed by atoms with van der Waals surface area (Å²) >= 11 is 0. The minimum absolute atomic E-state index is 0.224. The van der Waals surface area contributed by atoms with E-state index in [9.17, 15) is 4.79 Å². The van der Waals surface area contributed by atoms with E-state index in [4.69, 9.17) is 5.26 Å². The van der Waals surface area contributed by atoms with Crippen LogP contribution in [0.5, 0.6) is 0 Å². The SMILES string of the molecule is N#Cc1ccc(C(=O)Nc2cccc3cccnc23)cc1. The summed E-state index contributed by atoms with van der Waals surface area (Å²) in [5, 5.41) is 12.6. The maximum Gasteiger partial charge on any atom is 0.255 e. The highest BCUT2D eigenvalue weighted by Gasteiger charge is 2.08. The van der Waals surface area contributed by atoms with E-state index in [2.05, 4.69) is 10.3 Å². The monoisotopic (exact) mass is 273 g/mol. The number of carbonyl (C=O) groups excluding carboxylic acids is 1. The normalized spacial score (nSPS) is 10.0. The zero-order valence-electron chi connectivity index (χ0n) is 11.1. The zero-order chi connectivity index (χ0) is 14.7. The first-order valence-corrected chi connectivity index (χ1v) is 6.43. The number of amides is 1. The maximum atomic E-state index is 12.2. The fourth-order valence-corrected chi connectivity index (χ4v) is 2.10. The van der Waals surface area contributed by atoms with Gasteiger partial charge in [-0.2, -0.15) is 5.26 Å². The number of benzene rings is 2. The maximum absolute atomic E-state index is 12.2. The molecule has 0 spiro atoms. The van der Waals surface area contributed by atoms with Gasteiger partial charge in [0, 0.05) is 17.1 Å². The van der Waals surface area contributed by atoms with Gasteiger partial charge in [-0.1, -0.05) is 18.2 Å². The van der Waals surface area contributed by atoms with Gasteiger partial charge in [-0.05, 0) is 36.4 Å². The molecule has 21 heavy (non-hydrogen) atoms. The largest absolute Gasteiger partial charge is 0.320 e. The third kappa shape index (κ3) is 2.58. The van der Waals surface area contributed by atoms with Crippen LogP contribution in [-0.4, -0.2) is 10.9 Å². The van der Waals surface area contributed by atoms with Crippen LogP contribution in [0.3, 0.4) is 0 Å². The quantitative estimate of drug-likeness (QED) is 0.778. The molecule has 0 unspecified atom stereocenters. The molecule has 1 heterocycles. The Morgan fingerprint density at radius 3 is 2.57 bits per heavy atom. The standard InChI is InChI=1S/C17H11N3O/c18-11-12-6-8-14(9-7-12)17(21)20-15-5-1-3-13-4-2-10-19-16(13)15/h1-10H,(H,20,21). The Bertz CT molecular complexity index is 843. The van der Waals surface area contributed by atoms with E-state index in [1.54, 1.807) is 30.5 Å². The molecule has 1 amide bonds. The zero-order valence-corrected chi connectivity index (χ0v) is 11.1. The van der Waals surface area contributed by atoms with Gasteiger partial charge in [-0.25, -0.2) is 0 Å². The van der Waals surface area contributed by atoms with Crippen LogP contribution in [0.2, 0.25) is 0 Å². The van der Waals surface area contributed by atoms with Crippen LogP contribution in [0.25, 0.3) is 10.9 Å². The van der Waals surface area contributed by atoms with E-state index < -0.39 is 0 Å². The Hall–Kier alpha value is -3.19. The average Bonchev–Trinajstić information content (AvgIpc) is 2.55. The average molecular weight is 273 g/mol. The summed E-state index contributed by atoms with van der Waals surface area (Å²) in [5.41, 5.74) is 2.45. The molecule has 0 atom stereocenters. The van der Waals surface area contributed by atoms with E-state index in [1.165, 1.54) is 0 Å². The molecule has 3 aromatic rings. The number of pyridine rings is 1. The fourth-order valence-electron chi connectivity index (χ4n) is 2.10. The highest BCUT2D eigenvalue weighted by Crippen LogP contribution is 2.21. The summed E-state index contributed by atoms with van der Waals surface area (Å²) in [6.07, 6.45) is 1.69. The number of carbonyl (C=O) groups is 1. The summed E-state index contributed by atoms with van der Waals surface area (Å²) in [7, 11) is 0. The van der Waals surface area contributed by atoms with E-state index in [1.807, 2.05) is 36.4 Å². The molecule has 3 rings (SSSR count). The Labute approximate surface area is 121 Å². The summed E-state index contributed by atoms with van der Waals surface area (Å²) in [5.74, 6) is -0.224. The molecule has 4 nitrogen and oxygen atoms in total. The smallest absolute Gasteiger partial charge is 0.255 e. The topological polar surface area (TPSA) is 65.8 Å². The fraction of sp³-hybridized carbons (Fsp3) is 0. The number of rotatable bonds is 2. The van der Waals surface area contributed by atoms with Crippen molar-refractivity contribution in [2.45, 2.75) is 0 Å². The molecule has 4 heteroatoms. The number of anilines is 1. The summed E-state index contributed by atoms with van der Waals surface area (Å²) < 4.78 is 0. The summed E-state index contributed by atoms with van der Waals surface area (Å²) in [6.45, 7) is 0. The third-order valence-corrected chi connectivity index (χ3v) is 3.16. The van der Waals surface area contributed by atoms with Crippen molar-refractivity contribution >= 4 is 22.5 Å². The van der Waals surface area contributed by atoms with Gasteiger partial charge >= 0.3 is 0 Å². The lowest BCUT2D eigenvalue weighted by atomic mass is 10.1. The lowest BCUT2D eigenvalue weighted by molar-refractivity contribution is 0.102. The van der Waals surface area contributed by atoms with Crippen LogP contribution >= 0.6 is 0 Å². The summed E-state index contributed by atoms with van der Waals surface area (Å²) in [4.78, 5) is 16.5. The van der Waals surface area contributed by atoms with Crippen LogP contribution in [0.1, 0.15) is 15.9 Å². The highest BCUT2D eigenvalue weighted by molar-refractivity contribution is 6.08. The van der Waals surface area contributed by atoms with Crippen LogP contribution in [0.4, 0.5) is 5.69 Å². The third-order valence-electron chi connectivity index (χ3n) is 3.16. The second kappa shape index (κ2) is 5.43. The number of hydrogen-bond donors (Lipinski definition) is 1. The first-order chi connectivity index (χ1) is 10.3. The van der Waals surface area contributed by atoms with E-state index in [0.717, 1.165) is 10.9 Å². The molecule has 0 saturated carbocycles. The Morgan fingerprint density at radius 2 is 1.81 bits per heavy atom. The molecule has 2 aromatic carbocycles.